The van der Waals surface area contributed by atoms with Crippen LogP contribution in [0, 0.1) is 0 Å². The average Bonchev–Trinajstić information content (AvgIpc) is 3.51. The molecule has 0 radical (unpaired) electrons. The van der Waals surface area contributed by atoms with E-state index in [1.54, 1.807) is 61.5 Å². The predicted octanol–water partition coefficient (Wildman–Crippen LogP) is 7.28. The summed E-state index contributed by atoms with van der Waals surface area (Å²) < 4.78 is 27.9. The fraction of sp³-hybridized carbons (Fsp3) is 0.222. The van der Waals surface area contributed by atoms with Gasteiger partial charge in [0.2, 0.25) is 5.91 Å². The fourth-order valence-electron chi connectivity index (χ4n) is 4.40. The number of nitrogens with zero attached hydrogens (tertiary/aromatic N) is 2. The van der Waals surface area contributed by atoms with Crippen molar-refractivity contribution in [1.29, 1.82) is 0 Å². The smallest absolute Gasteiger partial charge is 0.258 e. The average molecular weight is 625 g/mol. The molecule has 1 saturated carbocycles. The van der Waals surface area contributed by atoms with Crippen LogP contribution < -0.4 is 5.32 Å². The van der Waals surface area contributed by atoms with E-state index in [0.717, 1.165) is 18.4 Å². The molecule has 39 heavy (non-hydrogen) atoms. The Morgan fingerprint density at radius 1 is 0.974 bits per heavy atom. The molecule has 3 aromatic carbocycles. The molecule has 0 bridgehead atoms. The summed E-state index contributed by atoms with van der Waals surface area (Å²) in [5, 5.41) is 7.99. The van der Waals surface area contributed by atoms with Crippen molar-refractivity contribution in [3.8, 4) is 11.5 Å². The van der Waals surface area contributed by atoms with Gasteiger partial charge in [-0.2, -0.15) is 4.98 Å². The minimum Gasteiger partial charge on any atom is -0.334 e. The van der Waals surface area contributed by atoms with Gasteiger partial charge in [-0.25, -0.2) is 8.42 Å². The molecule has 7 nitrogen and oxygen atoms in total. The lowest BCUT2D eigenvalue weighted by molar-refractivity contribution is -0.115. The second-order valence-electron chi connectivity index (χ2n) is 9.38. The number of thiol groups is 1. The van der Waals surface area contributed by atoms with Gasteiger partial charge in [-0.15, -0.1) is 0 Å². The molecule has 1 aromatic heterocycles. The van der Waals surface area contributed by atoms with Crippen LogP contribution in [0.5, 0.6) is 0 Å². The highest BCUT2D eigenvalue weighted by atomic mass is 35.5. The zero-order chi connectivity index (χ0) is 27.9. The first-order chi connectivity index (χ1) is 18.6. The SMILES string of the molecule is CC(c1ccc(CC(=O)Nc2cc(Cl)c(C3(c4noc(-c5ccc(Cl)c(Cl)c5)n4)CC3)c(Cl)c2)cc1)[SH](=O)=O. The van der Waals surface area contributed by atoms with Gasteiger partial charge in [0, 0.05) is 26.9 Å². The van der Waals surface area contributed by atoms with Gasteiger partial charge < -0.3 is 9.84 Å². The molecule has 1 amide bonds. The van der Waals surface area contributed by atoms with Crippen LogP contribution in [0.25, 0.3) is 11.5 Å². The zero-order valence-electron chi connectivity index (χ0n) is 20.4. The monoisotopic (exact) mass is 623 g/mol. The van der Waals surface area contributed by atoms with Crippen LogP contribution in [-0.2, 0) is 27.3 Å². The number of halogens is 4. The van der Waals surface area contributed by atoms with Gasteiger partial charge in [-0.1, -0.05) is 75.8 Å². The summed E-state index contributed by atoms with van der Waals surface area (Å²) in [6.45, 7) is 1.61. The van der Waals surface area contributed by atoms with Crippen LogP contribution in [0.4, 0.5) is 5.69 Å². The number of benzene rings is 3. The van der Waals surface area contributed by atoms with Crippen LogP contribution in [0.15, 0.2) is 59.1 Å². The van der Waals surface area contributed by atoms with Crippen molar-refractivity contribution in [2.75, 3.05) is 5.32 Å². The maximum atomic E-state index is 12.7. The molecule has 4 aromatic rings. The maximum absolute atomic E-state index is 12.7. The van der Waals surface area contributed by atoms with E-state index < -0.39 is 21.4 Å². The van der Waals surface area contributed by atoms with Crippen molar-refractivity contribution in [1.82, 2.24) is 10.1 Å². The molecular weight excluding hydrogens is 604 g/mol. The first-order valence-electron chi connectivity index (χ1n) is 11.9. The summed E-state index contributed by atoms with van der Waals surface area (Å²) in [4.78, 5) is 17.3. The molecule has 1 unspecified atom stereocenters. The molecule has 0 aliphatic heterocycles. The van der Waals surface area contributed by atoms with E-state index in [1.807, 2.05) is 0 Å². The normalized spacial score (nSPS) is 14.8. The molecule has 1 N–H and O–H groups in total. The van der Waals surface area contributed by atoms with Crippen LogP contribution in [0.3, 0.4) is 0 Å². The van der Waals surface area contributed by atoms with Crippen molar-refractivity contribution >= 4 is 68.7 Å². The number of carbonyl (C=O) groups excluding carboxylic acids is 1. The van der Waals surface area contributed by atoms with Gasteiger partial charge in [0.15, 0.2) is 5.82 Å². The fourth-order valence-corrected chi connectivity index (χ4v) is 5.97. The van der Waals surface area contributed by atoms with Crippen molar-refractivity contribution in [2.45, 2.75) is 36.9 Å². The predicted molar refractivity (Wildman–Crippen MR) is 154 cm³/mol. The Hall–Kier alpha value is -2.62. The summed E-state index contributed by atoms with van der Waals surface area (Å²) >= 11 is 25.5. The molecule has 1 heterocycles. The molecule has 5 rings (SSSR count). The van der Waals surface area contributed by atoms with Gasteiger partial charge in [0.25, 0.3) is 5.89 Å². The van der Waals surface area contributed by atoms with E-state index in [0.29, 0.717) is 54.2 Å². The Bertz CT molecular complexity index is 1620. The Labute approximate surface area is 246 Å². The van der Waals surface area contributed by atoms with E-state index in [2.05, 4.69) is 15.5 Å². The number of nitrogens with one attached hydrogen (secondary N) is 1. The standard InChI is InChI=1S/C27H21Cl4N3O4S/c1-14(39(36)37)16-4-2-15(3-5-16)10-23(35)32-18-12-21(30)24(22(31)13-18)27(8-9-27)26-33-25(38-34-26)17-6-7-19(28)20(29)11-17/h2-7,11-14,39H,8-10H2,1H3,(H,32,35). The molecule has 1 aliphatic rings. The van der Waals surface area contributed by atoms with Crippen molar-refractivity contribution in [3.63, 3.8) is 0 Å². The second kappa shape index (κ2) is 11.1. The summed E-state index contributed by atoms with van der Waals surface area (Å²) in [5.74, 6) is 0.495. The van der Waals surface area contributed by atoms with E-state index in [1.165, 1.54) is 0 Å². The van der Waals surface area contributed by atoms with Crippen LogP contribution >= 0.6 is 46.4 Å². The first-order valence-corrected chi connectivity index (χ1v) is 14.6. The summed E-state index contributed by atoms with van der Waals surface area (Å²) in [7, 11) is -2.56. The number of rotatable bonds is 8. The van der Waals surface area contributed by atoms with Crippen LogP contribution in [-0.4, -0.2) is 24.5 Å². The van der Waals surface area contributed by atoms with Gasteiger partial charge in [-0.05, 0) is 61.2 Å². The number of carbonyl (C=O) groups is 1. The third-order valence-corrected chi connectivity index (χ3v) is 8.98. The van der Waals surface area contributed by atoms with E-state index in [4.69, 9.17) is 50.9 Å². The molecule has 202 valence electrons. The third kappa shape index (κ3) is 5.81. The number of hydrogen-bond acceptors (Lipinski definition) is 6. The van der Waals surface area contributed by atoms with E-state index >= 15 is 0 Å². The zero-order valence-corrected chi connectivity index (χ0v) is 24.3. The second-order valence-corrected chi connectivity index (χ2v) is 12.4. The summed E-state index contributed by atoms with van der Waals surface area (Å²) in [6.07, 6.45) is 1.56. The molecule has 1 atom stereocenters. The molecular formula is C27H21Cl4N3O4S. The highest BCUT2D eigenvalue weighted by Gasteiger charge is 2.52. The van der Waals surface area contributed by atoms with Gasteiger partial charge in [0.05, 0.1) is 27.1 Å². The largest absolute Gasteiger partial charge is 0.334 e. The van der Waals surface area contributed by atoms with E-state index in [9.17, 15) is 13.2 Å². The van der Waals surface area contributed by atoms with E-state index in [-0.39, 0.29) is 12.3 Å². The van der Waals surface area contributed by atoms with Gasteiger partial charge >= 0.3 is 0 Å². The van der Waals surface area contributed by atoms with Gasteiger partial charge in [0.1, 0.15) is 10.7 Å². The Morgan fingerprint density at radius 3 is 2.23 bits per heavy atom. The van der Waals surface area contributed by atoms with Crippen molar-refractivity contribution in [2.24, 2.45) is 0 Å². The number of hydrogen-bond donors (Lipinski definition) is 2. The van der Waals surface area contributed by atoms with Crippen molar-refractivity contribution in [3.05, 3.63) is 97.2 Å². The molecule has 0 saturated heterocycles. The first kappa shape index (κ1) is 27.9. The topological polar surface area (TPSA) is 102 Å². The quantitative estimate of drug-likeness (QED) is 0.200. The number of anilines is 1. The molecule has 1 aliphatic carbocycles. The third-order valence-electron chi connectivity index (χ3n) is 6.72. The Kier molecular flexibility index (Phi) is 7.95. The van der Waals surface area contributed by atoms with Crippen LogP contribution in [0.2, 0.25) is 20.1 Å². The molecule has 0 spiro atoms. The number of amides is 1. The minimum absolute atomic E-state index is 0.0967. The lowest BCUT2D eigenvalue weighted by Crippen LogP contribution is -2.16. The lowest BCUT2D eigenvalue weighted by atomic mass is 9.94. The Balaban J connectivity index is 1.32. The molecule has 1 fully saturated rings. The lowest BCUT2D eigenvalue weighted by Gasteiger charge is -2.17. The van der Waals surface area contributed by atoms with Gasteiger partial charge in [-0.3, -0.25) is 4.79 Å². The highest BCUT2D eigenvalue weighted by Crippen LogP contribution is 2.57. The van der Waals surface area contributed by atoms with Crippen molar-refractivity contribution < 1.29 is 17.7 Å². The van der Waals surface area contributed by atoms with Crippen LogP contribution in [0.1, 0.15) is 47.5 Å². The Morgan fingerprint density at radius 2 is 1.64 bits per heavy atom. The minimum atomic E-state index is -2.56. The number of aromatic nitrogens is 2. The highest BCUT2D eigenvalue weighted by molar-refractivity contribution is 7.72. The summed E-state index contributed by atoms with van der Waals surface area (Å²) in [6, 6.07) is 15.2. The maximum Gasteiger partial charge on any atom is 0.258 e. The summed E-state index contributed by atoms with van der Waals surface area (Å²) in [5.41, 5.74) is 2.58. The molecule has 12 heteroatoms.